The number of H-pyrrole nitrogens is 1. The summed E-state index contributed by atoms with van der Waals surface area (Å²) >= 11 is 6.24. The van der Waals surface area contributed by atoms with Gasteiger partial charge in [0.1, 0.15) is 41.4 Å². The number of halogens is 1. The molecule has 228 valence electrons. The predicted molar refractivity (Wildman–Crippen MR) is 149 cm³/mol. The van der Waals surface area contributed by atoms with Crippen LogP contribution in [0.15, 0.2) is 22.4 Å². The summed E-state index contributed by atoms with van der Waals surface area (Å²) in [6.45, 7) is -5.21. The van der Waals surface area contributed by atoms with Crippen molar-refractivity contribution >= 4 is 59.6 Å². The number of alkyl halides is 1. The molecule has 6 rings (SSSR count). The van der Waals surface area contributed by atoms with Crippen LogP contribution in [0.25, 0.3) is 11.2 Å². The predicted octanol–water partition coefficient (Wildman–Crippen LogP) is -1.81. The summed E-state index contributed by atoms with van der Waals surface area (Å²) in [5.41, 5.74) is 11.4. The quantitative estimate of drug-likeness (QED) is 0.125. The van der Waals surface area contributed by atoms with Crippen LogP contribution in [-0.2, 0) is 25.6 Å². The van der Waals surface area contributed by atoms with Crippen molar-refractivity contribution in [2.75, 3.05) is 24.3 Å². The standard InChI is InChI=1S/C20H26FN10O8PS2/c21-8-11(33)6(38-18(8)30-4-26-9-14(22)24-3-25-15(9)30)2-37-40(36,41)39-13-12(34)7(1-32)42-19(13)31-5-27-10-16(31)28-20(23)29-17(10)35/h3-8,11-14,18-19,32-34H,1-2,22H2,(H,24,25)(H,36,41)(H3,23,28,29,35)/t6-,7-,8+,11-,12-,13-,14?,18-,19-,40?/m1/s1. The van der Waals surface area contributed by atoms with Crippen molar-refractivity contribution in [3.63, 3.8) is 0 Å². The van der Waals surface area contributed by atoms with Crippen LogP contribution in [0.2, 0.25) is 0 Å². The van der Waals surface area contributed by atoms with Crippen molar-refractivity contribution in [3.8, 4) is 0 Å². The molecular weight excluding hydrogens is 622 g/mol. The molecule has 0 amide bonds. The average Bonchev–Trinajstić information content (AvgIpc) is 3.69. The van der Waals surface area contributed by atoms with E-state index in [9.17, 15) is 25.0 Å². The molecule has 0 saturated carbocycles. The van der Waals surface area contributed by atoms with E-state index in [1.54, 1.807) is 0 Å². The van der Waals surface area contributed by atoms with E-state index in [4.69, 9.17) is 37.1 Å². The van der Waals surface area contributed by atoms with Crippen molar-refractivity contribution < 1.29 is 38.4 Å². The van der Waals surface area contributed by atoms with Gasteiger partial charge in [0, 0.05) is 0 Å². The van der Waals surface area contributed by atoms with E-state index in [1.165, 1.54) is 28.1 Å². The molecule has 2 fully saturated rings. The summed E-state index contributed by atoms with van der Waals surface area (Å²) in [6.07, 6.45) is -5.61. The topological polar surface area (TPSA) is 266 Å². The van der Waals surface area contributed by atoms with E-state index >= 15 is 4.39 Å². The summed E-state index contributed by atoms with van der Waals surface area (Å²) in [7, 11) is 0. The van der Waals surface area contributed by atoms with Gasteiger partial charge in [-0.05, 0) is 11.8 Å². The Morgan fingerprint density at radius 2 is 2.02 bits per heavy atom. The zero-order valence-electron chi connectivity index (χ0n) is 21.2. The summed E-state index contributed by atoms with van der Waals surface area (Å²) in [4.78, 5) is 41.7. The Labute approximate surface area is 244 Å². The number of aliphatic hydroxyl groups excluding tert-OH is 3. The van der Waals surface area contributed by atoms with Gasteiger partial charge in [0.15, 0.2) is 23.6 Å². The molecule has 2 saturated heterocycles. The van der Waals surface area contributed by atoms with Gasteiger partial charge in [0.05, 0.1) is 43.6 Å². The van der Waals surface area contributed by atoms with Gasteiger partial charge in [0.2, 0.25) is 5.95 Å². The number of thioether (sulfide) groups is 1. The summed E-state index contributed by atoms with van der Waals surface area (Å²) in [5, 5.41) is 32.4. The van der Waals surface area contributed by atoms with E-state index in [0.717, 1.165) is 11.8 Å². The van der Waals surface area contributed by atoms with Gasteiger partial charge in [-0.3, -0.25) is 28.4 Å². The fourth-order valence-electron chi connectivity index (χ4n) is 4.94. The minimum Gasteiger partial charge on any atom is -0.395 e. The number of aliphatic hydroxyl groups is 3. The van der Waals surface area contributed by atoms with Crippen molar-refractivity contribution in [3.05, 3.63) is 28.7 Å². The second-order valence-electron chi connectivity index (χ2n) is 9.60. The van der Waals surface area contributed by atoms with E-state index in [-0.39, 0.29) is 17.1 Å². The van der Waals surface area contributed by atoms with Gasteiger partial charge < -0.3 is 46.3 Å². The molecule has 3 aromatic rings. The molecule has 3 aromatic heterocycles. The molecule has 0 bridgehead atoms. The van der Waals surface area contributed by atoms with Crippen LogP contribution in [0.5, 0.6) is 0 Å². The number of aromatic amines is 1. The van der Waals surface area contributed by atoms with Crippen LogP contribution in [0.1, 0.15) is 23.5 Å². The number of nitrogens with two attached hydrogens (primary N) is 2. The number of nitrogens with zero attached hydrogens (tertiary/aromatic N) is 6. The van der Waals surface area contributed by atoms with Crippen LogP contribution < -0.4 is 22.3 Å². The Kier molecular flexibility index (Phi) is 7.85. The number of hydrogen-bond acceptors (Lipinski definition) is 16. The molecule has 0 radical (unpaired) electrons. The normalized spacial score (nSPS) is 34.0. The summed E-state index contributed by atoms with van der Waals surface area (Å²) in [5.74, 6) is 0.170. The van der Waals surface area contributed by atoms with Crippen LogP contribution in [0.3, 0.4) is 0 Å². The third kappa shape index (κ3) is 5.13. The van der Waals surface area contributed by atoms with Gasteiger partial charge in [-0.15, -0.1) is 11.8 Å². The highest BCUT2D eigenvalue weighted by Crippen LogP contribution is 2.54. The largest absolute Gasteiger partial charge is 0.395 e. The van der Waals surface area contributed by atoms with Crippen LogP contribution in [0, 0.1) is 0 Å². The SMILES string of the molecule is Nc1nc2c(ncn2[C@@H]2S[C@H](CO)[C@@H](O)[C@H]2OP(O)(=S)OC[C@H]2O[C@@H](n3cnc4c3NC=NC4N)[C@@H](F)[C@@H]2O)c(=O)[nH]1. The monoisotopic (exact) mass is 648 g/mol. The Hall–Kier alpha value is -2.56. The molecule has 0 aromatic carbocycles. The molecule has 2 unspecified atom stereocenters. The van der Waals surface area contributed by atoms with Crippen LogP contribution in [-0.4, -0.2) is 105 Å². The Morgan fingerprint density at radius 3 is 2.79 bits per heavy atom. The van der Waals surface area contributed by atoms with Crippen LogP contribution >= 0.6 is 18.5 Å². The first kappa shape index (κ1) is 29.5. The van der Waals surface area contributed by atoms with Gasteiger partial charge in [-0.1, -0.05) is 0 Å². The smallest absolute Gasteiger partial charge is 0.325 e. The summed E-state index contributed by atoms with van der Waals surface area (Å²) in [6, 6.07) is 0. The van der Waals surface area contributed by atoms with Crippen molar-refractivity contribution in [2.45, 2.75) is 53.6 Å². The van der Waals surface area contributed by atoms with Crippen LogP contribution in [0.4, 0.5) is 16.2 Å². The number of rotatable bonds is 8. The lowest BCUT2D eigenvalue weighted by atomic mass is 10.1. The fourth-order valence-corrected chi connectivity index (χ4v) is 7.86. The lowest BCUT2D eigenvalue weighted by Gasteiger charge is -2.27. The minimum absolute atomic E-state index is 0.0310. The number of ether oxygens (including phenoxy) is 1. The van der Waals surface area contributed by atoms with Crippen molar-refractivity contribution in [1.29, 1.82) is 0 Å². The maximum absolute atomic E-state index is 15.1. The second kappa shape index (κ2) is 11.2. The zero-order chi connectivity index (χ0) is 29.9. The first-order valence-corrected chi connectivity index (χ1v) is 15.9. The van der Waals surface area contributed by atoms with Gasteiger partial charge in [-0.25, -0.2) is 14.4 Å². The van der Waals surface area contributed by atoms with E-state index in [0.29, 0.717) is 11.5 Å². The molecule has 10 N–H and O–H groups in total. The Bertz CT molecular complexity index is 1620. The highest BCUT2D eigenvalue weighted by Gasteiger charge is 2.50. The Morgan fingerprint density at radius 1 is 1.26 bits per heavy atom. The summed E-state index contributed by atoms with van der Waals surface area (Å²) < 4.78 is 34.7. The highest BCUT2D eigenvalue weighted by atomic mass is 32.5. The Balaban J connectivity index is 1.17. The second-order valence-corrected chi connectivity index (χ2v) is 13.8. The number of hydrogen-bond donors (Lipinski definition) is 8. The molecule has 18 nitrogen and oxygen atoms in total. The average molecular weight is 649 g/mol. The molecule has 10 atom stereocenters. The molecule has 22 heteroatoms. The number of nitrogens with one attached hydrogen (secondary N) is 2. The number of anilines is 2. The third-order valence-corrected chi connectivity index (χ3v) is 10.1. The maximum Gasteiger partial charge on any atom is 0.325 e. The molecule has 3 aliphatic heterocycles. The number of fused-ring (bicyclic) bond motifs is 2. The molecule has 0 aliphatic carbocycles. The number of aliphatic imine (C=N–C) groups is 1. The number of aromatic nitrogens is 6. The molecule has 42 heavy (non-hydrogen) atoms. The van der Waals surface area contributed by atoms with Gasteiger partial charge in [-0.2, -0.15) is 4.98 Å². The fraction of sp³-hybridized carbons (Fsp3) is 0.550. The van der Waals surface area contributed by atoms with Gasteiger partial charge >= 0.3 is 6.72 Å². The molecule has 6 heterocycles. The highest BCUT2D eigenvalue weighted by molar-refractivity contribution is 8.07. The first-order valence-electron chi connectivity index (χ1n) is 12.4. The lowest BCUT2D eigenvalue weighted by Crippen LogP contribution is -2.35. The molecule has 0 spiro atoms. The van der Waals surface area contributed by atoms with Gasteiger partial charge in [0.25, 0.3) is 5.56 Å². The third-order valence-electron chi connectivity index (χ3n) is 6.98. The lowest BCUT2D eigenvalue weighted by molar-refractivity contribution is -0.0483. The molecule has 3 aliphatic rings. The van der Waals surface area contributed by atoms with E-state index in [2.05, 4.69) is 30.2 Å². The number of nitrogen functional groups attached to an aromatic ring is 1. The van der Waals surface area contributed by atoms with E-state index in [1.807, 2.05) is 0 Å². The van der Waals surface area contributed by atoms with E-state index < -0.39 is 79.1 Å². The molecular formula is C20H26FN10O8PS2. The number of imidazole rings is 2. The first-order chi connectivity index (χ1) is 20.0. The van der Waals surface area contributed by atoms with Crippen molar-refractivity contribution in [1.82, 2.24) is 29.1 Å². The zero-order valence-corrected chi connectivity index (χ0v) is 23.8. The van der Waals surface area contributed by atoms with Crippen molar-refractivity contribution in [2.24, 2.45) is 10.7 Å². The maximum atomic E-state index is 15.1. The minimum atomic E-state index is -4.19.